The first-order valence-electron chi connectivity index (χ1n) is 4.28. The maximum atomic E-state index is 4.38. The summed E-state index contributed by atoms with van der Waals surface area (Å²) >= 11 is 3.14. The lowest BCUT2D eigenvalue weighted by atomic mass is 10.3. The van der Waals surface area contributed by atoms with E-state index in [0.29, 0.717) is 0 Å². The average Bonchev–Trinajstić information content (AvgIpc) is 2.68. The Hall–Kier alpha value is -0.940. The van der Waals surface area contributed by atoms with Gasteiger partial charge in [-0.25, -0.2) is 4.98 Å². The highest BCUT2D eigenvalue weighted by atomic mass is 32.2. The van der Waals surface area contributed by atoms with Crippen LogP contribution in [0.2, 0.25) is 0 Å². The van der Waals surface area contributed by atoms with Gasteiger partial charge in [0.15, 0.2) is 10.2 Å². The fraction of sp³-hybridized carbons (Fsp3) is 0.222. The predicted molar refractivity (Wildman–Crippen MR) is 59.5 cm³/mol. The average molecular weight is 223 g/mol. The van der Waals surface area contributed by atoms with E-state index in [1.54, 1.807) is 18.0 Å². The molecule has 0 amide bonds. The van der Waals surface area contributed by atoms with Crippen molar-refractivity contribution in [2.45, 2.75) is 11.3 Å². The Bertz CT molecular complexity index is 399. The Morgan fingerprint density at radius 2 is 2.36 bits per heavy atom. The maximum Gasteiger partial charge on any atom is 0.192 e. The van der Waals surface area contributed by atoms with E-state index in [1.165, 1.54) is 11.5 Å². The van der Waals surface area contributed by atoms with Crippen LogP contribution in [0.4, 0.5) is 0 Å². The molecule has 2 rings (SSSR count). The first-order chi connectivity index (χ1) is 6.90. The number of nitrogens with zero attached hydrogens (tertiary/aromatic N) is 3. The molecule has 0 saturated heterocycles. The van der Waals surface area contributed by atoms with E-state index >= 15 is 0 Å². The maximum absolute atomic E-state index is 4.38. The molecule has 2 aromatic heterocycles. The lowest BCUT2D eigenvalue weighted by Crippen LogP contribution is -1.83. The summed E-state index contributed by atoms with van der Waals surface area (Å²) in [6.07, 6.45) is 1.75. The van der Waals surface area contributed by atoms with Gasteiger partial charge in [-0.1, -0.05) is 24.8 Å². The van der Waals surface area contributed by atoms with Crippen LogP contribution in [0, 0.1) is 0 Å². The molecular formula is C9H9N3S2. The van der Waals surface area contributed by atoms with Crippen LogP contribution in [0.3, 0.4) is 0 Å². The largest absolute Gasteiger partial charge is 0.253 e. The molecule has 0 aliphatic carbocycles. The van der Waals surface area contributed by atoms with Crippen LogP contribution in [-0.4, -0.2) is 20.1 Å². The smallest absolute Gasteiger partial charge is 0.192 e. The van der Waals surface area contributed by atoms with Gasteiger partial charge in [-0.15, -0.1) is 0 Å². The van der Waals surface area contributed by atoms with Crippen LogP contribution in [0.5, 0.6) is 0 Å². The third-order valence-corrected chi connectivity index (χ3v) is 3.28. The molecule has 0 spiro atoms. The summed E-state index contributed by atoms with van der Waals surface area (Å²) in [5.41, 5.74) is 0.840. The summed E-state index contributed by atoms with van der Waals surface area (Å²) in [6, 6.07) is 5.75. The van der Waals surface area contributed by atoms with Gasteiger partial charge in [0.2, 0.25) is 0 Å². The second kappa shape index (κ2) is 4.52. The lowest BCUT2D eigenvalue weighted by Gasteiger charge is -1.91. The fourth-order valence-corrected chi connectivity index (χ4v) is 2.49. The highest BCUT2D eigenvalue weighted by Crippen LogP contribution is 2.23. The van der Waals surface area contributed by atoms with Crippen molar-refractivity contribution in [3.8, 4) is 11.5 Å². The molecule has 2 heterocycles. The third-order valence-electron chi connectivity index (χ3n) is 1.57. The van der Waals surface area contributed by atoms with E-state index in [9.17, 15) is 0 Å². The molecule has 0 bridgehead atoms. The summed E-state index contributed by atoms with van der Waals surface area (Å²) in [4.78, 5) is 8.57. The van der Waals surface area contributed by atoms with Crippen molar-refractivity contribution in [1.82, 2.24) is 14.3 Å². The van der Waals surface area contributed by atoms with Crippen LogP contribution in [0.15, 0.2) is 28.7 Å². The first-order valence-corrected chi connectivity index (χ1v) is 6.04. The molecule has 5 heteroatoms. The number of thioether (sulfide) groups is 1. The second-order valence-corrected chi connectivity index (χ2v) is 4.79. The predicted octanol–water partition coefficient (Wildman–Crippen LogP) is 2.71. The number of hydrogen-bond donors (Lipinski definition) is 0. The van der Waals surface area contributed by atoms with Gasteiger partial charge >= 0.3 is 0 Å². The topological polar surface area (TPSA) is 38.7 Å². The Kier molecular flexibility index (Phi) is 3.10. The molecule has 0 unspecified atom stereocenters. The highest BCUT2D eigenvalue weighted by molar-refractivity contribution is 8.00. The number of rotatable bonds is 3. The van der Waals surface area contributed by atoms with Crippen molar-refractivity contribution in [2.24, 2.45) is 0 Å². The molecule has 0 saturated carbocycles. The number of aromatic nitrogens is 3. The molecule has 0 aliphatic rings. The molecular weight excluding hydrogens is 214 g/mol. The zero-order valence-electron chi connectivity index (χ0n) is 7.67. The van der Waals surface area contributed by atoms with Gasteiger partial charge in [0.1, 0.15) is 5.69 Å². The molecule has 0 atom stereocenters. The minimum atomic E-state index is 0.728. The molecule has 3 nitrogen and oxygen atoms in total. The first kappa shape index (κ1) is 9.61. The normalized spacial score (nSPS) is 10.4. The standard InChI is InChI=1S/C9H9N3S2/c1-2-13-9-11-8(12-14-9)7-5-3-4-6-10-7/h3-6H,2H2,1H3. The second-order valence-electron chi connectivity index (χ2n) is 2.53. The monoisotopic (exact) mass is 223 g/mol. The Morgan fingerprint density at radius 1 is 1.43 bits per heavy atom. The summed E-state index contributed by atoms with van der Waals surface area (Å²) < 4.78 is 5.26. The summed E-state index contributed by atoms with van der Waals surface area (Å²) in [5, 5.41) is 0. The molecule has 72 valence electrons. The molecule has 14 heavy (non-hydrogen) atoms. The minimum absolute atomic E-state index is 0.728. The van der Waals surface area contributed by atoms with Gasteiger partial charge in [-0.2, -0.15) is 4.37 Å². The zero-order valence-corrected chi connectivity index (χ0v) is 9.31. The molecule has 0 aliphatic heterocycles. The van der Waals surface area contributed by atoms with E-state index in [2.05, 4.69) is 21.3 Å². The van der Waals surface area contributed by atoms with Crippen LogP contribution in [0.25, 0.3) is 11.5 Å². The van der Waals surface area contributed by atoms with Gasteiger partial charge in [-0.3, -0.25) is 4.98 Å². The molecule has 0 N–H and O–H groups in total. The van der Waals surface area contributed by atoms with E-state index in [1.807, 2.05) is 18.2 Å². The van der Waals surface area contributed by atoms with E-state index in [4.69, 9.17) is 0 Å². The fourth-order valence-electron chi connectivity index (χ4n) is 0.991. The van der Waals surface area contributed by atoms with E-state index in [0.717, 1.165) is 21.6 Å². The Labute approximate surface area is 90.8 Å². The SMILES string of the molecule is CCSc1nc(-c2ccccn2)ns1. The quantitative estimate of drug-likeness (QED) is 0.750. The van der Waals surface area contributed by atoms with E-state index < -0.39 is 0 Å². The van der Waals surface area contributed by atoms with Gasteiger partial charge in [0, 0.05) is 6.20 Å². The van der Waals surface area contributed by atoms with Crippen LogP contribution < -0.4 is 0 Å². The van der Waals surface area contributed by atoms with Crippen molar-refractivity contribution in [3.05, 3.63) is 24.4 Å². The van der Waals surface area contributed by atoms with Crippen molar-refractivity contribution in [1.29, 1.82) is 0 Å². The van der Waals surface area contributed by atoms with Gasteiger partial charge < -0.3 is 0 Å². The summed E-state index contributed by atoms with van der Waals surface area (Å²) in [5.74, 6) is 1.75. The molecule has 0 aromatic carbocycles. The van der Waals surface area contributed by atoms with Crippen molar-refractivity contribution in [3.63, 3.8) is 0 Å². The van der Waals surface area contributed by atoms with E-state index in [-0.39, 0.29) is 0 Å². The van der Waals surface area contributed by atoms with Crippen molar-refractivity contribution in [2.75, 3.05) is 5.75 Å². The highest BCUT2D eigenvalue weighted by Gasteiger charge is 2.06. The number of pyridine rings is 1. The van der Waals surface area contributed by atoms with Crippen molar-refractivity contribution < 1.29 is 0 Å². The van der Waals surface area contributed by atoms with Crippen LogP contribution in [0.1, 0.15) is 6.92 Å². The molecule has 0 radical (unpaired) electrons. The zero-order chi connectivity index (χ0) is 9.80. The molecule has 2 aromatic rings. The number of hydrogen-bond acceptors (Lipinski definition) is 5. The van der Waals surface area contributed by atoms with Crippen LogP contribution in [-0.2, 0) is 0 Å². The van der Waals surface area contributed by atoms with Gasteiger partial charge in [0.25, 0.3) is 0 Å². The Balaban J connectivity index is 2.25. The molecule has 0 fully saturated rings. The van der Waals surface area contributed by atoms with Crippen LogP contribution >= 0.6 is 23.3 Å². The Morgan fingerprint density at radius 3 is 3.07 bits per heavy atom. The van der Waals surface area contributed by atoms with Gasteiger partial charge in [0.05, 0.1) is 0 Å². The third kappa shape index (κ3) is 2.10. The summed E-state index contributed by atoms with van der Waals surface area (Å²) in [6.45, 7) is 2.10. The minimum Gasteiger partial charge on any atom is -0.253 e. The van der Waals surface area contributed by atoms with Crippen molar-refractivity contribution >= 4 is 23.3 Å². The lowest BCUT2D eigenvalue weighted by molar-refractivity contribution is 1.18. The van der Waals surface area contributed by atoms with Gasteiger partial charge in [-0.05, 0) is 29.4 Å². The summed E-state index contributed by atoms with van der Waals surface area (Å²) in [7, 11) is 0.